The van der Waals surface area contributed by atoms with Crippen LogP contribution >= 0.6 is 0 Å². The van der Waals surface area contributed by atoms with Crippen LogP contribution < -0.4 is 5.32 Å². The number of nitrogens with zero attached hydrogens (tertiary/aromatic N) is 1. The van der Waals surface area contributed by atoms with Gasteiger partial charge in [0.05, 0.1) is 13.2 Å². The summed E-state index contributed by atoms with van der Waals surface area (Å²) in [6.45, 7) is 0. The monoisotopic (exact) mass is 428 g/mol. The second-order valence-corrected chi connectivity index (χ2v) is 7.88. The molecule has 0 saturated heterocycles. The fraction of sp³-hybridized carbons (Fsp3) is 0.222. The Kier molecular flexibility index (Phi) is 6.57. The maximum atomic E-state index is 13.9. The summed E-state index contributed by atoms with van der Waals surface area (Å²) < 4.78 is 13.0. The largest absolute Gasteiger partial charge is 0.501 e. The molecule has 5 nitrogen and oxygen atoms in total. The molecule has 0 spiro atoms. The molecule has 3 aromatic rings. The molecule has 5 heteroatoms. The van der Waals surface area contributed by atoms with Crippen LogP contribution in [0, 0.1) is 0 Å². The molecule has 2 unspecified atom stereocenters. The lowest BCUT2D eigenvalue weighted by Crippen LogP contribution is -2.30. The number of rotatable bonds is 8. The first kappa shape index (κ1) is 21.7. The second-order valence-electron chi connectivity index (χ2n) is 7.88. The van der Waals surface area contributed by atoms with Crippen molar-refractivity contribution >= 4 is 5.78 Å². The predicted octanol–water partition coefficient (Wildman–Crippen LogP) is 5.04. The van der Waals surface area contributed by atoms with Crippen molar-refractivity contribution in [2.45, 2.75) is 18.6 Å². The first-order valence-corrected chi connectivity index (χ1v) is 10.6. The number of carbonyl (C=O) groups excluding carboxylic acids is 1. The standard InChI is InChI=1S/C27H28N2O3/c1-29-17-24(19-10-6-4-7-11-19)25(18-29)27(30)26(20-12-8-5-9-13-20)28-21-14-22(31-2)16-23(15-21)32-3/h4-15,17-18,22,26,28H,16H2,1-3H3. The van der Waals surface area contributed by atoms with Crippen LogP contribution in [0.1, 0.15) is 28.4 Å². The molecule has 4 rings (SSSR count). The van der Waals surface area contributed by atoms with Gasteiger partial charge < -0.3 is 19.4 Å². The zero-order valence-corrected chi connectivity index (χ0v) is 18.6. The number of nitrogens with one attached hydrogen (secondary N) is 1. The van der Waals surface area contributed by atoms with Crippen LogP contribution in [0.25, 0.3) is 11.1 Å². The van der Waals surface area contributed by atoms with E-state index in [0.29, 0.717) is 12.0 Å². The average Bonchev–Trinajstić information content (AvgIpc) is 3.24. The number of methoxy groups -OCH3 is 2. The van der Waals surface area contributed by atoms with Crippen molar-refractivity contribution in [3.8, 4) is 11.1 Å². The molecule has 0 fully saturated rings. The minimum absolute atomic E-state index is 0.00320. The summed E-state index contributed by atoms with van der Waals surface area (Å²) in [4.78, 5) is 13.9. The Hall–Kier alpha value is -3.57. The van der Waals surface area contributed by atoms with Gasteiger partial charge in [0, 0.05) is 49.8 Å². The SMILES string of the molecule is COC1=CC(NC(C(=O)c2cn(C)cc2-c2ccccc2)c2ccccc2)=CC(OC)C1. The maximum absolute atomic E-state index is 13.9. The third-order valence-electron chi connectivity index (χ3n) is 5.66. The van der Waals surface area contributed by atoms with Gasteiger partial charge in [-0.05, 0) is 23.3 Å². The normalized spacial score (nSPS) is 16.7. The fourth-order valence-electron chi connectivity index (χ4n) is 4.02. The highest BCUT2D eigenvalue weighted by Crippen LogP contribution is 2.30. The van der Waals surface area contributed by atoms with E-state index >= 15 is 0 Å². The van der Waals surface area contributed by atoms with Crippen molar-refractivity contribution < 1.29 is 14.3 Å². The van der Waals surface area contributed by atoms with E-state index in [-0.39, 0.29) is 11.9 Å². The van der Waals surface area contributed by atoms with Crippen LogP contribution in [0.5, 0.6) is 0 Å². The molecular formula is C27H28N2O3. The van der Waals surface area contributed by atoms with E-state index in [4.69, 9.17) is 9.47 Å². The molecule has 1 aliphatic carbocycles. The van der Waals surface area contributed by atoms with Gasteiger partial charge >= 0.3 is 0 Å². The van der Waals surface area contributed by atoms with E-state index in [1.54, 1.807) is 14.2 Å². The summed E-state index contributed by atoms with van der Waals surface area (Å²) in [6.07, 6.45) is 8.37. The lowest BCUT2D eigenvalue weighted by atomic mass is 9.93. The van der Waals surface area contributed by atoms with Crippen molar-refractivity contribution in [1.82, 2.24) is 9.88 Å². The first-order chi connectivity index (χ1) is 15.6. The van der Waals surface area contributed by atoms with Crippen LogP contribution in [-0.2, 0) is 16.5 Å². The minimum atomic E-state index is -0.558. The molecule has 1 aromatic heterocycles. The van der Waals surface area contributed by atoms with Crippen LogP contribution in [0.3, 0.4) is 0 Å². The van der Waals surface area contributed by atoms with Crippen molar-refractivity contribution in [3.63, 3.8) is 0 Å². The Morgan fingerprint density at radius 2 is 1.72 bits per heavy atom. The summed E-state index contributed by atoms with van der Waals surface area (Å²) in [6, 6.07) is 19.2. The summed E-state index contributed by atoms with van der Waals surface area (Å²) in [5.41, 5.74) is 4.31. The summed E-state index contributed by atoms with van der Waals surface area (Å²) in [7, 11) is 5.26. The van der Waals surface area contributed by atoms with Gasteiger partial charge in [-0.25, -0.2) is 0 Å². The lowest BCUT2D eigenvalue weighted by Gasteiger charge is -2.25. The molecular weight excluding hydrogens is 400 g/mol. The Labute approximate surface area is 189 Å². The number of hydrogen-bond donors (Lipinski definition) is 1. The smallest absolute Gasteiger partial charge is 0.191 e. The van der Waals surface area contributed by atoms with Crippen LogP contribution in [0.15, 0.2) is 96.7 Å². The van der Waals surface area contributed by atoms with Crippen molar-refractivity contribution in [2.75, 3.05) is 14.2 Å². The summed E-state index contributed by atoms with van der Waals surface area (Å²) >= 11 is 0. The Morgan fingerprint density at radius 1 is 1.03 bits per heavy atom. The molecule has 0 radical (unpaired) electrons. The van der Waals surface area contributed by atoms with Gasteiger partial charge in [0.15, 0.2) is 5.78 Å². The van der Waals surface area contributed by atoms with E-state index in [2.05, 4.69) is 5.32 Å². The fourth-order valence-corrected chi connectivity index (χ4v) is 4.02. The maximum Gasteiger partial charge on any atom is 0.191 e. The van der Waals surface area contributed by atoms with Gasteiger partial charge in [0.1, 0.15) is 11.8 Å². The third kappa shape index (κ3) is 4.68. The minimum Gasteiger partial charge on any atom is -0.501 e. The van der Waals surface area contributed by atoms with Gasteiger partial charge in [-0.1, -0.05) is 60.7 Å². The molecule has 1 aliphatic rings. The second kappa shape index (κ2) is 9.71. The Balaban J connectivity index is 1.74. The van der Waals surface area contributed by atoms with Crippen molar-refractivity contribution in [1.29, 1.82) is 0 Å². The number of hydrogen-bond acceptors (Lipinski definition) is 4. The molecule has 164 valence electrons. The molecule has 1 heterocycles. The Morgan fingerprint density at radius 3 is 2.38 bits per heavy atom. The van der Waals surface area contributed by atoms with Gasteiger partial charge in [-0.2, -0.15) is 0 Å². The Bertz CT molecular complexity index is 1130. The van der Waals surface area contributed by atoms with Crippen LogP contribution in [-0.4, -0.2) is 30.7 Å². The van der Waals surface area contributed by atoms with Gasteiger partial charge in [0.25, 0.3) is 0 Å². The summed E-state index contributed by atoms with van der Waals surface area (Å²) in [5, 5.41) is 3.45. The van der Waals surface area contributed by atoms with E-state index < -0.39 is 6.04 Å². The topological polar surface area (TPSA) is 52.5 Å². The number of ether oxygens (including phenoxy) is 2. The molecule has 1 N–H and O–H groups in total. The molecule has 32 heavy (non-hydrogen) atoms. The molecule has 0 aliphatic heterocycles. The summed E-state index contributed by atoms with van der Waals surface area (Å²) in [5.74, 6) is 0.814. The zero-order chi connectivity index (χ0) is 22.5. The molecule has 2 aromatic carbocycles. The number of ketones is 1. The predicted molar refractivity (Wildman–Crippen MR) is 126 cm³/mol. The molecule has 0 bridgehead atoms. The van der Waals surface area contributed by atoms with E-state index in [1.807, 2.05) is 96.8 Å². The average molecular weight is 429 g/mol. The molecule has 2 atom stereocenters. The highest BCUT2D eigenvalue weighted by atomic mass is 16.5. The number of benzene rings is 2. The van der Waals surface area contributed by atoms with Crippen LogP contribution in [0.4, 0.5) is 0 Å². The number of aromatic nitrogens is 1. The zero-order valence-electron chi connectivity index (χ0n) is 18.6. The highest BCUT2D eigenvalue weighted by molar-refractivity contribution is 6.06. The van der Waals surface area contributed by atoms with Crippen molar-refractivity contribution in [2.24, 2.45) is 7.05 Å². The van der Waals surface area contributed by atoms with E-state index in [0.717, 1.165) is 28.1 Å². The van der Waals surface area contributed by atoms with E-state index in [1.165, 1.54) is 0 Å². The van der Waals surface area contributed by atoms with Gasteiger partial charge in [0.2, 0.25) is 0 Å². The van der Waals surface area contributed by atoms with Gasteiger partial charge in [-0.3, -0.25) is 4.79 Å². The number of aryl methyl sites for hydroxylation is 1. The number of carbonyl (C=O) groups is 1. The van der Waals surface area contributed by atoms with E-state index in [9.17, 15) is 4.79 Å². The first-order valence-electron chi connectivity index (χ1n) is 10.6. The molecule has 0 amide bonds. The highest BCUT2D eigenvalue weighted by Gasteiger charge is 2.27. The van der Waals surface area contributed by atoms with Crippen LogP contribution in [0.2, 0.25) is 0 Å². The number of Topliss-reactive ketones (excluding diaryl/α,β-unsaturated/α-hetero) is 1. The molecule has 0 saturated carbocycles. The third-order valence-corrected chi connectivity index (χ3v) is 5.66. The lowest BCUT2D eigenvalue weighted by molar-refractivity contribution is 0.0945. The van der Waals surface area contributed by atoms with Crippen molar-refractivity contribution in [3.05, 3.63) is 108 Å². The quantitative estimate of drug-likeness (QED) is 0.511. The van der Waals surface area contributed by atoms with Gasteiger partial charge in [-0.15, -0.1) is 0 Å². The number of allylic oxidation sites excluding steroid dienone is 1.